The van der Waals surface area contributed by atoms with Crippen molar-refractivity contribution in [2.75, 3.05) is 18.4 Å². The van der Waals surface area contributed by atoms with Crippen LogP contribution >= 0.6 is 0 Å². The van der Waals surface area contributed by atoms with Crippen molar-refractivity contribution >= 4 is 5.82 Å². The molecule has 1 heterocycles. The molecule has 0 saturated heterocycles. The number of nitrogens with two attached hydrogens (primary N) is 1. The number of aromatic nitrogens is 2. The maximum Gasteiger partial charge on any atom is 0.293 e. The fourth-order valence-electron chi connectivity index (χ4n) is 2.95. The second-order valence-electron chi connectivity index (χ2n) is 6.39. The lowest BCUT2D eigenvalue weighted by Gasteiger charge is -2.27. The molecule has 0 aliphatic heterocycles. The first-order valence-corrected chi connectivity index (χ1v) is 7.56. The molecule has 0 aromatic carbocycles. The van der Waals surface area contributed by atoms with E-state index in [4.69, 9.17) is 5.73 Å². The molecule has 3 N–H and O–H groups in total. The summed E-state index contributed by atoms with van der Waals surface area (Å²) in [5.74, 6) is 0.890. The normalized spacial score (nSPS) is 17.6. The van der Waals surface area contributed by atoms with Crippen LogP contribution in [0.3, 0.4) is 0 Å². The van der Waals surface area contributed by atoms with Gasteiger partial charge in [-0.1, -0.05) is 26.7 Å². The topological polar surface area (TPSA) is 72.9 Å². The third-order valence-electron chi connectivity index (χ3n) is 4.20. The van der Waals surface area contributed by atoms with Crippen LogP contribution in [0, 0.1) is 11.3 Å². The minimum absolute atomic E-state index is 0.0358. The van der Waals surface area contributed by atoms with Crippen LogP contribution in [0.4, 0.5) is 5.82 Å². The maximum absolute atomic E-state index is 12.3. The van der Waals surface area contributed by atoms with Crippen molar-refractivity contribution in [2.45, 2.75) is 46.1 Å². The lowest BCUT2D eigenvalue weighted by atomic mass is 9.86. The Morgan fingerprint density at radius 3 is 2.75 bits per heavy atom. The summed E-state index contributed by atoms with van der Waals surface area (Å²) in [7, 11) is 0. The minimum Gasteiger partial charge on any atom is -0.365 e. The number of rotatable bonds is 6. The van der Waals surface area contributed by atoms with Gasteiger partial charge in [0.1, 0.15) is 0 Å². The molecule has 5 nitrogen and oxygen atoms in total. The van der Waals surface area contributed by atoms with Gasteiger partial charge in [-0.25, -0.2) is 4.98 Å². The molecule has 5 heteroatoms. The predicted molar refractivity (Wildman–Crippen MR) is 81.8 cm³/mol. The molecule has 1 aliphatic rings. The first-order chi connectivity index (χ1) is 9.56. The molecule has 0 unspecified atom stereocenters. The Kier molecular flexibility index (Phi) is 4.81. The summed E-state index contributed by atoms with van der Waals surface area (Å²) in [6.45, 7) is 6.34. The van der Waals surface area contributed by atoms with Gasteiger partial charge < -0.3 is 15.6 Å². The van der Waals surface area contributed by atoms with E-state index in [-0.39, 0.29) is 11.0 Å². The van der Waals surface area contributed by atoms with Gasteiger partial charge in [-0.15, -0.1) is 0 Å². The third kappa shape index (κ3) is 3.39. The van der Waals surface area contributed by atoms with Gasteiger partial charge in [-0.05, 0) is 30.7 Å². The zero-order valence-corrected chi connectivity index (χ0v) is 12.6. The molecule has 1 fully saturated rings. The molecule has 0 atom stereocenters. The largest absolute Gasteiger partial charge is 0.365 e. The highest BCUT2D eigenvalue weighted by Crippen LogP contribution is 2.36. The van der Waals surface area contributed by atoms with Crippen LogP contribution in [0.1, 0.15) is 39.5 Å². The molecule has 0 radical (unpaired) electrons. The van der Waals surface area contributed by atoms with Gasteiger partial charge in [0.25, 0.3) is 5.56 Å². The van der Waals surface area contributed by atoms with E-state index < -0.39 is 0 Å². The fourth-order valence-corrected chi connectivity index (χ4v) is 2.95. The van der Waals surface area contributed by atoms with Crippen LogP contribution in [0.2, 0.25) is 0 Å². The molecular formula is C15H26N4O. The van der Waals surface area contributed by atoms with E-state index in [1.165, 1.54) is 12.8 Å². The van der Waals surface area contributed by atoms with E-state index in [9.17, 15) is 4.79 Å². The monoisotopic (exact) mass is 278 g/mol. The molecule has 0 bridgehead atoms. The SMILES string of the molecule is CC(C)Cn1ccnc(NCC2(CN)CCCC2)c1=O. The van der Waals surface area contributed by atoms with Crippen LogP contribution < -0.4 is 16.6 Å². The van der Waals surface area contributed by atoms with Gasteiger partial charge in [0.15, 0.2) is 5.82 Å². The molecule has 0 spiro atoms. The van der Waals surface area contributed by atoms with Crippen molar-refractivity contribution in [1.82, 2.24) is 9.55 Å². The fraction of sp³-hybridized carbons (Fsp3) is 0.733. The van der Waals surface area contributed by atoms with Crippen molar-refractivity contribution in [1.29, 1.82) is 0 Å². The summed E-state index contributed by atoms with van der Waals surface area (Å²) in [6, 6.07) is 0. The van der Waals surface area contributed by atoms with Crippen molar-refractivity contribution < 1.29 is 0 Å². The Balaban J connectivity index is 2.08. The highest BCUT2D eigenvalue weighted by molar-refractivity contribution is 5.31. The van der Waals surface area contributed by atoms with E-state index in [0.717, 1.165) is 25.9 Å². The van der Waals surface area contributed by atoms with E-state index in [0.29, 0.717) is 18.3 Å². The van der Waals surface area contributed by atoms with Crippen LogP contribution in [-0.4, -0.2) is 22.6 Å². The van der Waals surface area contributed by atoms with Crippen LogP contribution in [-0.2, 0) is 6.54 Å². The van der Waals surface area contributed by atoms with Crippen LogP contribution in [0.25, 0.3) is 0 Å². The predicted octanol–water partition coefficient (Wildman–Crippen LogP) is 1.83. The molecule has 20 heavy (non-hydrogen) atoms. The quantitative estimate of drug-likeness (QED) is 0.832. The Morgan fingerprint density at radius 2 is 2.15 bits per heavy atom. The summed E-state index contributed by atoms with van der Waals surface area (Å²) < 4.78 is 1.73. The maximum atomic E-state index is 12.3. The number of hydrogen-bond acceptors (Lipinski definition) is 4. The van der Waals surface area contributed by atoms with E-state index in [2.05, 4.69) is 24.1 Å². The average Bonchev–Trinajstić information content (AvgIpc) is 2.89. The van der Waals surface area contributed by atoms with Crippen molar-refractivity contribution in [3.05, 3.63) is 22.7 Å². The molecule has 112 valence electrons. The van der Waals surface area contributed by atoms with Gasteiger partial charge in [-0.3, -0.25) is 4.79 Å². The first-order valence-electron chi connectivity index (χ1n) is 7.56. The third-order valence-corrected chi connectivity index (χ3v) is 4.20. The van der Waals surface area contributed by atoms with Crippen molar-refractivity contribution in [3.63, 3.8) is 0 Å². The standard InChI is InChI=1S/C15H26N4O/c1-12(2)9-19-8-7-17-13(14(19)20)18-11-15(10-16)5-3-4-6-15/h7-8,12H,3-6,9-11,16H2,1-2H3,(H,17,18). The summed E-state index contributed by atoms with van der Waals surface area (Å²) >= 11 is 0. The number of anilines is 1. The average molecular weight is 278 g/mol. The molecule has 1 aromatic rings. The molecule has 1 aromatic heterocycles. The number of hydrogen-bond donors (Lipinski definition) is 2. The second kappa shape index (κ2) is 6.39. The minimum atomic E-state index is -0.0358. The summed E-state index contributed by atoms with van der Waals surface area (Å²) in [5, 5.41) is 3.24. The van der Waals surface area contributed by atoms with Gasteiger partial charge in [0, 0.05) is 25.5 Å². The molecule has 1 saturated carbocycles. The zero-order valence-electron chi connectivity index (χ0n) is 12.6. The highest BCUT2D eigenvalue weighted by Gasteiger charge is 2.32. The Morgan fingerprint density at radius 1 is 1.45 bits per heavy atom. The van der Waals surface area contributed by atoms with Crippen molar-refractivity contribution in [3.8, 4) is 0 Å². The Bertz CT molecular complexity index is 489. The van der Waals surface area contributed by atoms with Crippen molar-refractivity contribution in [2.24, 2.45) is 17.1 Å². The Hall–Kier alpha value is -1.36. The lowest BCUT2D eigenvalue weighted by molar-refractivity contribution is 0.331. The Labute approximate surface area is 120 Å². The van der Waals surface area contributed by atoms with Gasteiger partial charge in [0.05, 0.1) is 0 Å². The van der Waals surface area contributed by atoms with Gasteiger partial charge in [-0.2, -0.15) is 0 Å². The zero-order chi connectivity index (χ0) is 14.6. The molecule has 1 aliphatic carbocycles. The van der Waals surface area contributed by atoms with Gasteiger partial charge >= 0.3 is 0 Å². The van der Waals surface area contributed by atoms with E-state index in [1.807, 2.05) is 0 Å². The van der Waals surface area contributed by atoms with Crippen LogP contribution in [0.5, 0.6) is 0 Å². The summed E-state index contributed by atoms with van der Waals surface area (Å²) in [6.07, 6.45) is 8.20. The highest BCUT2D eigenvalue weighted by atomic mass is 16.1. The van der Waals surface area contributed by atoms with Gasteiger partial charge in [0.2, 0.25) is 0 Å². The summed E-state index contributed by atoms with van der Waals surface area (Å²) in [5.41, 5.74) is 6.03. The first kappa shape index (κ1) is 15.0. The molecular weight excluding hydrogens is 252 g/mol. The molecule has 2 rings (SSSR count). The smallest absolute Gasteiger partial charge is 0.293 e. The van der Waals surface area contributed by atoms with E-state index >= 15 is 0 Å². The number of nitrogens with zero attached hydrogens (tertiary/aromatic N) is 2. The van der Waals surface area contributed by atoms with E-state index in [1.54, 1.807) is 17.0 Å². The number of nitrogens with one attached hydrogen (secondary N) is 1. The molecule has 0 amide bonds. The summed E-state index contributed by atoms with van der Waals surface area (Å²) in [4.78, 5) is 16.5. The second-order valence-corrected chi connectivity index (χ2v) is 6.39. The lowest BCUT2D eigenvalue weighted by Crippen LogP contribution is -2.36. The van der Waals surface area contributed by atoms with Crippen LogP contribution in [0.15, 0.2) is 17.2 Å².